The zero-order valence-electron chi connectivity index (χ0n) is 19.7. The standard InChI is InChI=1S/C27H37N3O2/c1-3-5-7-8-21-9-11-22(12-10-21)20-32-25-18-29-27(30-19-25)23-13-14-26(24(16-23)17-28)31-15-6-4-2/h13-14,16,18-19,21-22H,3-12,15,20H2,1-2H3/t21-,22-. The van der Waals surface area contributed by atoms with E-state index in [0.29, 0.717) is 35.4 Å². The molecule has 0 radical (unpaired) electrons. The third-order valence-electron chi connectivity index (χ3n) is 6.41. The number of nitrogens with zero attached hydrogens (tertiary/aromatic N) is 3. The Kier molecular flexibility index (Phi) is 9.81. The molecule has 2 aromatic rings. The minimum atomic E-state index is 0.507. The Morgan fingerprint density at radius 1 is 0.938 bits per heavy atom. The molecule has 172 valence electrons. The lowest BCUT2D eigenvalue weighted by atomic mass is 9.80. The maximum absolute atomic E-state index is 9.46. The first-order chi connectivity index (χ1) is 15.7. The van der Waals surface area contributed by atoms with E-state index >= 15 is 0 Å². The Labute approximate surface area is 193 Å². The van der Waals surface area contributed by atoms with Gasteiger partial charge in [-0.15, -0.1) is 0 Å². The number of hydrogen-bond acceptors (Lipinski definition) is 5. The summed E-state index contributed by atoms with van der Waals surface area (Å²) >= 11 is 0. The lowest BCUT2D eigenvalue weighted by Crippen LogP contribution is -2.20. The zero-order chi connectivity index (χ0) is 22.6. The lowest BCUT2D eigenvalue weighted by molar-refractivity contribution is 0.177. The lowest BCUT2D eigenvalue weighted by Gasteiger charge is -2.28. The van der Waals surface area contributed by atoms with Crippen molar-refractivity contribution in [2.45, 2.75) is 78.1 Å². The van der Waals surface area contributed by atoms with E-state index in [1.54, 1.807) is 18.5 Å². The van der Waals surface area contributed by atoms with Crippen molar-refractivity contribution in [3.05, 3.63) is 36.2 Å². The van der Waals surface area contributed by atoms with Gasteiger partial charge in [-0.1, -0.05) is 58.8 Å². The number of ether oxygens (including phenoxy) is 2. The summed E-state index contributed by atoms with van der Waals surface area (Å²) in [6.45, 7) is 5.75. The van der Waals surface area contributed by atoms with Gasteiger partial charge in [0.05, 0.1) is 31.2 Å². The highest BCUT2D eigenvalue weighted by atomic mass is 16.5. The Morgan fingerprint density at radius 2 is 1.66 bits per heavy atom. The van der Waals surface area contributed by atoms with Gasteiger partial charge in [-0.3, -0.25) is 0 Å². The van der Waals surface area contributed by atoms with Gasteiger partial charge < -0.3 is 9.47 Å². The average molecular weight is 436 g/mol. The molecule has 1 aliphatic carbocycles. The van der Waals surface area contributed by atoms with Crippen LogP contribution in [0.15, 0.2) is 30.6 Å². The third kappa shape index (κ3) is 7.22. The van der Waals surface area contributed by atoms with Crippen LogP contribution < -0.4 is 9.47 Å². The van der Waals surface area contributed by atoms with Crippen molar-refractivity contribution in [1.29, 1.82) is 5.26 Å². The molecule has 1 aromatic heterocycles. The van der Waals surface area contributed by atoms with Crippen LogP contribution in [0.1, 0.15) is 83.6 Å². The van der Waals surface area contributed by atoms with Gasteiger partial charge in [0, 0.05) is 5.56 Å². The first-order valence-corrected chi connectivity index (χ1v) is 12.4. The van der Waals surface area contributed by atoms with Gasteiger partial charge in [0.1, 0.15) is 11.8 Å². The second-order valence-corrected chi connectivity index (χ2v) is 8.96. The van der Waals surface area contributed by atoms with Crippen LogP contribution in [0.4, 0.5) is 0 Å². The number of rotatable bonds is 12. The van der Waals surface area contributed by atoms with Crippen LogP contribution in [0.5, 0.6) is 11.5 Å². The van der Waals surface area contributed by atoms with E-state index in [4.69, 9.17) is 9.47 Å². The fourth-order valence-electron chi connectivity index (χ4n) is 4.33. The van der Waals surface area contributed by atoms with E-state index in [0.717, 1.165) is 30.9 Å². The summed E-state index contributed by atoms with van der Waals surface area (Å²) in [5.41, 5.74) is 1.31. The smallest absolute Gasteiger partial charge is 0.159 e. The first-order valence-electron chi connectivity index (χ1n) is 12.4. The van der Waals surface area contributed by atoms with Gasteiger partial charge in [-0.05, 0) is 49.3 Å². The van der Waals surface area contributed by atoms with Crippen molar-refractivity contribution >= 4 is 0 Å². The molecule has 0 spiro atoms. The van der Waals surface area contributed by atoms with Gasteiger partial charge >= 0.3 is 0 Å². The summed E-state index contributed by atoms with van der Waals surface area (Å²) in [6.07, 6.45) is 16.2. The van der Waals surface area contributed by atoms with Crippen LogP contribution in [0, 0.1) is 23.2 Å². The van der Waals surface area contributed by atoms with Gasteiger partial charge in [0.25, 0.3) is 0 Å². The molecular weight excluding hydrogens is 398 g/mol. The average Bonchev–Trinajstić information content (AvgIpc) is 2.84. The molecule has 0 atom stereocenters. The molecule has 32 heavy (non-hydrogen) atoms. The van der Waals surface area contributed by atoms with Gasteiger partial charge in [0.15, 0.2) is 11.6 Å². The van der Waals surface area contributed by atoms with Crippen molar-refractivity contribution in [1.82, 2.24) is 9.97 Å². The Morgan fingerprint density at radius 3 is 2.34 bits per heavy atom. The quantitative estimate of drug-likeness (QED) is 0.337. The molecular formula is C27H37N3O2. The zero-order valence-corrected chi connectivity index (χ0v) is 19.7. The largest absolute Gasteiger partial charge is 0.492 e. The van der Waals surface area contributed by atoms with Crippen molar-refractivity contribution in [3.8, 4) is 29.0 Å². The van der Waals surface area contributed by atoms with Gasteiger partial charge in [-0.25, -0.2) is 9.97 Å². The van der Waals surface area contributed by atoms with Crippen LogP contribution in [0.3, 0.4) is 0 Å². The highest BCUT2D eigenvalue weighted by Crippen LogP contribution is 2.32. The molecule has 1 heterocycles. The van der Waals surface area contributed by atoms with Crippen molar-refractivity contribution in [2.75, 3.05) is 13.2 Å². The second-order valence-electron chi connectivity index (χ2n) is 8.96. The molecule has 1 saturated carbocycles. The number of aromatic nitrogens is 2. The van der Waals surface area contributed by atoms with Gasteiger partial charge in [0.2, 0.25) is 0 Å². The molecule has 0 unspecified atom stereocenters. The van der Waals surface area contributed by atoms with Crippen LogP contribution >= 0.6 is 0 Å². The summed E-state index contributed by atoms with van der Waals surface area (Å²) in [4.78, 5) is 8.92. The topological polar surface area (TPSA) is 68.0 Å². The van der Waals surface area contributed by atoms with Crippen molar-refractivity contribution in [2.24, 2.45) is 11.8 Å². The fourth-order valence-corrected chi connectivity index (χ4v) is 4.33. The molecule has 1 aliphatic rings. The SMILES string of the molecule is CCCCC[C@H]1CC[C@H](COc2cnc(-c3ccc(OCCCC)c(C#N)c3)nc2)CC1. The van der Waals surface area contributed by atoms with Crippen LogP contribution in [-0.2, 0) is 0 Å². The Balaban J connectivity index is 1.48. The summed E-state index contributed by atoms with van der Waals surface area (Å²) in [5, 5.41) is 9.46. The fraction of sp³-hybridized carbons (Fsp3) is 0.593. The maximum atomic E-state index is 9.46. The highest BCUT2D eigenvalue weighted by Gasteiger charge is 2.21. The highest BCUT2D eigenvalue weighted by molar-refractivity contribution is 5.61. The van der Waals surface area contributed by atoms with E-state index < -0.39 is 0 Å². The number of benzene rings is 1. The van der Waals surface area contributed by atoms with E-state index in [-0.39, 0.29) is 0 Å². The van der Waals surface area contributed by atoms with Crippen LogP contribution in [-0.4, -0.2) is 23.2 Å². The van der Waals surface area contributed by atoms with Crippen molar-refractivity contribution < 1.29 is 9.47 Å². The molecule has 5 heteroatoms. The molecule has 3 rings (SSSR count). The normalized spacial score (nSPS) is 18.2. The molecule has 0 bridgehead atoms. The number of hydrogen-bond donors (Lipinski definition) is 0. The Hall–Kier alpha value is -2.61. The van der Waals surface area contributed by atoms with E-state index in [9.17, 15) is 5.26 Å². The second kappa shape index (κ2) is 13.1. The van der Waals surface area contributed by atoms with Crippen LogP contribution in [0.2, 0.25) is 0 Å². The van der Waals surface area contributed by atoms with Gasteiger partial charge in [-0.2, -0.15) is 5.26 Å². The minimum Gasteiger partial charge on any atom is -0.492 e. The molecule has 0 amide bonds. The Bertz CT molecular complexity index is 852. The third-order valence-corrected chi connectivity index (χ3v) is 6.41. The molecule has 1 aromatic carbocycles. The number of unbranched alkanes of at least 4 members (excludes halogenated alkanes) is 3. The van der Waals surface area contributed by atoms with E-state index in [1.807, 2.05) is 12.1 Å². The monoisotopic (exact) mass is 435 g/mol. The minimum absolute atomic E-state index is 0.507. The predicted octanol–water partition coefficient (Wildman–Crippen LogP) is 6.96. The number of nitriles is 1. The van der Waals surface area contributed by atoms with E-state index in [2.05, 4.69) is 29.9 Å². The maximum Gasteiger partial charge on any atom is 0.159 e. The van der Waals surface area contributed by atoms with Crippen molar-refractivity contribution in [3.63, 3.8) is 0 Å². The summed E-state index contributed by atoms with van der Waals surface area (Å²) in [7, 11) is 0. The predicted molar refractivity (Wildman–Crippen MR) is 128 cm³/mol. The molecule has 0 saturated heterocycles. The summed E-state index contributed by atoms with van der Waals surface area (Å²) in [6, 6.07) is 7.73. The molecule has 5 nitrogen and oxygen atoms in total. The summed E-state index contributed by atoms with van der Waals surface area (Å²) < 4.78 is 11.7. The molecule has 0 N–H and O–H groups in total. The molecule has 0 aliphatic heterocycles. The van der Waals surface area contributed by atoms with Crippen LogP contribution in [0.25, 0.3) is 11.4 Å². The first kappa shape index (κ1) is 24.0. The summed E-state index contributed by atoms with van der Waals surface area (Å²) in [5.74, 6) is 3.46. The van der Waals surface area contributed by atoms with E-state index in [1.165, 1.54) is 51.4 Å². The molecule has 1 fully saturated rings.